The largest absolute Gasteiger partial charge is 0.505 e. The maximum atomic E-state index is 4.84. The van der Waals surface area contributed by atoms with Crippen LogP contribution in [0.4, 0.5) is 0 Å². The molecule has 0 spiro atoms. The van der Waals surface area contributed by atoms with Gasteiger partial charge < -0.3 is 9.64 Å². The smallest absolute Gasteiger partial charge is 0.0797 e. The molecule has 0 aliphatic carbocycles. The summed E-state index contributed by atoms with van der Waals surface area (Å²) < 4.78 is 4.84. The second kappa shape index (κ2) is 6.03. The predicted molar refractivity (Wildman–Crippen MR) is 57.7 cm³/mol. The molecule has 0 aromatic rings. The summed E-state index contributed by atoms with van der Waals surface area (Å²) in [5.74, 6) is 0. The average Bonchev–Trinajstić information content (AvgIpc) is 2.04. The minimum absolute atomic E-state index is 0.412. The number of ether oxygens (including phenoxy) is 1. The molecule has 0 fully saturated rings. The highest BCUT2D eigenvalue weighted by Gasteiger charge is 2.16. The van der Waals surface area contributed by atoms with Crippen molar-refractivity contribution in [2.75, 3.05) is 27.2 Å². The minimum atomic E-state index is 0.412. The summed E-state index contributed by atoms with van der Waals surface area (Å²) in [6.45, 7) is 8.90. The lowest BCUT2D eigenvalue weighted by molar-refractivity contribution is 0.216. The molecule has 0 heterocycles. The van der Waals surface area contributed by atoms with E-state index in [1.165, 1.54) is 6.42 Å². The third-order valence-corrected chi connectivity index (χ3v) is 2.30. The molecule has 13 heavy (non-hydrogen) atoms. The van der Waals surface area contributed by atoms with E-state index in [1.54, 1.807) is 13.4 Å². The van der Waals surface area contributed by atoms with E-state index in [-0.39, 0.29) is 0 Å². The van der Waals surface area contributed by atoms with E-state index in [9.17, 15) is 0 Å². The van der Waals surface area contributed by atoms with E-state index < -0.39 is 0 Å². The van der Waals surface area contributed by atoms with Crippen LogP contribution in [0.15, 0.2) is 12.3 Å². The Hall–Kier alpha value is -0.500. The number of methoxy groups -OCH3 is 1. The van der Waals surface area contributed by atoms with Crippen molar-refractivity contribution in [1.82, 2.24) is 4.90 Å². The Morgan fingerprint density at radius 1 is 1.38 bits per heavy atom. The average molecular weight is 185 g/mol. The molecule has 2 nitrogen and oxygen atoms in total. The normalized spacial score (nSPS) is 12.8. The van der Waals surface area contributed by atoms with Crippen LogP contribution in [0.25, 0.3) is 0 Å². The number of hydrogen-bond acceptors (Lipinski definition) is 2. The van der Waals surface area contributed by atoms with E-state index in [4.69, 9.17) is 4.74 Å². The lowest BCUT2D eigenvalue weighted by Crippen LogP contribution is -2.31. The fourth-order valence-electron chi connectivity index (χ4n) is 1.23. The zero-order chi connectivity index (χ0) is 10.3. The number of rotatable bonds is 6. The summed E-state index contributed by atoms with van der Waals surface area (Å²) in [6.07, 6.45) is 4.98. The zero-order valence-corrected chi connectivity index (χ0v) is 9.63. The summed E-state index contributed by atoms with van der Waals surface area (Å²) in [5, 5.41) is 0. The fraction of sp³-hybridized carbons (Fsp3) is 0.818. The summed E-state index contributed by atoms with van der Waals surface area (Å²) in [5.41, 5.74) is 0.412. The molecule has 0 aliphatic heterocycles. The van der Waals surface area contributed by atoms with Crippen molar-refractivity contribution in [2.45, 2.75) is 27.2 Å². The van der Waals surface area contributed by atoms with Gasteiger partial charge in [-0.2, -0.15) is 0 Å². The molecular formula is C11H23NO. The molecule has 0 N–H and O–H groups in total. The SMILES string of the molecule is CCC(C)(C)CN(C)C/C=C/OC. The van der Waals surface area contributed by atoms with Gasteiger partial charge in [0.2, 0.25) is 0 Å². The fourth-order valence-corrected chi connectivity index (χ4v) is 1.23. The summed E-state index contributed by atoms with van der Waals surface area (Å²) in [7, 11) is 3.81. The summed E-state index contributed by atoms with van der Waals surface area (Å²) in [6, 6.07) is 0. The van der Waals surface area contributed by atoms with Gasteiger partial charge in [0.15, 0.2) is 0 Å². The maximum absolute atomic E-state index is 4.84. The standard InChI is InChI=1S/C11H23NO/c1-6-11(2,3)10-12(4)8-7-9-13-5/h7,9H,6,8,10H2,1-5H3/b9-7+. The molecule has 2 heteroatoms. The van der Waals surface area contributed by atoms with Gasteiger partial charge in [0.1, 0.15) is 0 Å². The Bertz CT molecular complexity index is 152. The van der Waals surface area contributed by atoms with Crippen LogP contribution >= 0.6 is 0 Å². The first-order valence-corrected chi connectivity index (χ1v) is 4.88. The number of hydrogen-bond donors (Lipinski definition) is 0. The second-order valence-electron chi connectivity index (χ2n) is 4.32. The van der Waals surface area contributed by atoms with Crippen LogP contribution in [0.2, 0.25) is 0 Å². The molecule has 0 aromatic carbocycles. The zero-order valence-electron chi connectivity index (χ0n) is 9.63. The summed E-state index contributed by atoms with van der Waals surface area (Å²) in [4.78, 5) is 2.30. The molecule has 0 aliphatic rings. The Kier molecular flexibility index (Phi) is 5.80. The van der Waals surface area contributed by atoms with Crippen LogP contribution in [0, 0.1) is 5.41 Å². The van der Waals surface area contributed by atoms with Crippen LogP contribution < -0.4 is 0 Å². The molecule has 0 bridgehead atoms. The van der Waals surface area contributed by atoms with Gasteiger partial charge in [-0.3, -0.25) is 0 Å². The van der Waals surface area contributed by atoms with Crippen molar-refractivity contribution in [3.63, 3.8) is 0 Å². The van der Waals surface area contributed by atoms with Crippen molar-refractivity contribution >= 4 is 0 Å². The highest BCUT2D eigenvalue weighted by atomic mass is 16.5. The van der Waals surface area contributed by atoms with E-state index in [0.29, 0.717) is 5.41 Å². The Morgan fingerprint density at radius 3 is 2.46 bits per heavy atom. The monoisotopic (exact) mass is 185 g/mol. The first kappa shape index (κ1) is 12.5. The van der Waals surface area contributed by atoms with Gasteiger partial charge >= 0.3 is 0 Å². The number of nitrogens with zero attached hydrogens (tertiary/aromatic N) is 1. The predicted octanol–water partition coefficient (Wildman–Crippen LogP) is 2.51. The van der Waals surface area contributed by atoms with Crippen molar-refractivity contribution in [2.24, 2.45) is 5.41 Å². The van der Waals surface area contributed by atoms with Crippen LogP contribution in [0.1, 0.15) is 27.2 Å². The molecule has 0 amide bonds. The third-order valence-electron chi connectivity index (χ3n) is 2.30. The van der Waals surface area contributed by atoms with E-state index in [0.717, 1.165) is 13.1 Å². The molecule has 0 rings (SSSR count). The second-order valence-corrected chi connectivity index (χ2v) is 4.32. The molecule has 0 saturated carbocycles. The Labute approximate surface area is 82.6 Å². The van der Waals surface area contributed by atoms with Crippen LogP contribution in [0.5, 0.6) is 0 Å². The minimum Gasteiger partial charge on any atom is -0.505 e. The van der Waals surface area contributed by atoms with Crippen LogP contribution in [-0.4, -0.2) is 32.1 Å². The van der Waals surface area contributed by atoms with E-state index in [1.807, 2.05) is 6.08 Å². The van der Waals surface area contributed by atoms with Crippen LogP contribution in [0.3, 0.4) is 0 Å². The first-order valence-electron chi connectivity index (χ1n) is 4.88. The van der Waals surface area contributed by atoms with Crippen molar-refractivity contribution in [3.05, 3.63) is 12.3 Å². The molecule has 78 valence electrons. The highest BCUT2D eigenvalue weighted by Crippen LogP contribution is 2.20. The Morgan fingerprint density at radius 2 is 2.00 bits per heavy atom. The van der Waals surface area contributed by atoms with E-state index >= 15 is 0 Å². The van der Waals surface area contributed by atoms with Crippen LogP contribution in [-0.2, 0) is 4.74 Å². The van der Waals surface area contributed by atoms with Gasteiger partial charge in [-0.15, -0.1) is 0 Å². The van der Waals surface area contributed by atoms with Gasteiger partial charge in [-0.25, -0.2) is 0 Å². The summed E-state index contributed by atoms with van der Waals surface area (Å²) >= 11 is 0. The van der Waals surface area contributed by atoms with Crippen molar-refractivity contribution in [1.29, 1.82) is 0 Å². The van der Waals surface area contributed by atoms with Crippen molar-refractivity contribution in [3.8, 4) is 0 Å². The van der Waals surface area contributed by atoms with Gasteiger partial charge in [0, 0.05) is 13.1 Å². The van der Waals surface area contributed by atoms with Crippen molar-refractivity contribution < 1.29 is 4.74 Å². The molecule has 0 radical (unpaired) electrons. The van der Waals surface area contributed by atoms with Gasteiger partial charge in [0.25, 0.3) is 0 Å². The lowest BCUT2D eigenvalue weighted by atomic mass is 9.90. The van der Waals surface area contributed by atoms with Gasteiger partial charge in [-0.05, 0) is 25.0 Å². The maximum Gasteiger partial charge on any atom is 0.0797 e. The quantitative estimate of drug-likeness (QED) is 0.590. The molecule has 0 atom stereocenters. The molecule has 0 saturated heterocycles. The van der Waals surface area contributed by atoms with E-state index in [2.05, 4.69) is 32.7 Å². The first-order chi connectivity index (χ1) is 6.02. The third kappa shape index (κ3) is 6.64. The molecular weight excluding hydrogens is 162 g/mol. The Balaban J connectivity index is 3.73. The van der Waals surface area contributed by atoms with Gasteiger partial charge in [-0.1, -0.05) is 20.8 Å². The molecule has 0 aromatic heterocycles. The highest BCUT2D eigenvalue weighted by molar-refractivity contribution is 4.79. The molecule has 0 unspecified atom stereocenters. The lowest BCUT2D eigenvalue weighted by Gasteiger charge is -2.28. The number of likely N-dealkylation sites (N-methyl/N-ethyl adjacent to an activating group) is 1. The topological polar surface area (TPSA) is 12.5 Å². The van der Waals surface area contributed by atoms with Gasteiger partial charge in [0.05, 0.1) is 13.4 Å².